The predicted molar refractivity (Wildman–Crippen MR) is 108 cm³/mol. The van der Waals surface area contributed by atoms with Crippen LogP contribution in [-0.4, -0.2) is 47.5 Å². The van der Waals surface area contributed by atoms with E-state index in [9.17, 15) is 13.2 Å². The molecule has 2 heterocycles. The predicted octanol–water partition coefficient (Wildman–Crippen LogP) is 2.90. The van der Waals surface area contributed by atoms with E-state index in [2.05, 4.69) is 9.97 Å². The molecular weight excluding hydrogens is 394 g/mol. The summed E-state index contributed by atoms with van der Waals surface area (Å²) in [5.41, 5.74) is 1.56. The summed E-state index contributed by atoms with van der Waals surface area (Å²) < 4.78 is 30.9. The van der Waals surface area contributed by atoms with Crippen molar-refractivity contribution >= 4 is 26.7 Å². The van der Waals surface area contributed by atoms with Crippen LogP contribution >= 0.6 is 0 Å². The van der Waals surface area contributed by atoms with Crippen molar-refractivity contribution in [2.24, 2.45) is 0 Å². The fourth-order valence-electron chi connectivity index (χ4n) is 2.83. The molecule has 2 aromatic heterocycles. The molecule has 0 aliphatic carbocycles. The van der Waals surface area contributed by atoms with Gasteiger partial charge in [0.2, 0.25) is 15.0 Å². The maximum absolute atomic E-state index is 12.6. The number of ether oxygens (including phenoxy) is 1. The second-order valence-corrected chi connectivity index (χ2v) is 9.09. The second-order valence-electron chi connectivity index (χ2n) is 7.18. The first-order valence-electron chi connectivity index (χ1n) is 9.13. The van der Waals surface area contributed by atoms with E-state index >= 15 is 0 Å². The van der Waals surface area contributed by atoms with Gasteiger partial charge in [-0.25, -0.2) is 23.2 Å². The van der Waals surface area contributed by atoms with Crippen LogP contribution in [0.2, 0.25) is 0 Å². The largest absolute Gasteiger partial charge is 0.459 e. The van der Waals surface area contributed by atoms with Gasteiger partial charge in [0.15, 0.2) is 0 Å². The number of aromatic nitrogens is 3. The number of sulfone groups is 1. The maximum atomic E-state index is 12.6. The molecule has 0 saturated heterocycles. The quantitative estimate of drug-likeness (QED) is 0.449. The van der Waals surface area contributed by atoms with E-state index in [0.717, 1.165) is 17.2 Å². The topological polar surface area (TPSA) is 100 Å². The molecule has 0 spiro atoms. The lowest BCUT2D eigenvalue weighted by Gasteiger charge is -2.12. The zero-order valence-electron chi connectivity index (χ0n) is 16.9. The summed E-state index contributed by atoms with van der Waals surface area (Å²) >= 11 is 0. The van der Waals surface area contributed by atoms with Gasteiger partial charge in [-0.2, -0.15) is 4.73 Å². The van der Waals surface area contributed by atoms with Crippen LogP contribution in [0.3, 0.4) is 0 Å². The van der Waals surface area contributed by atoms with Gasteiger partial charge in [-0.3, -0.25) is 0 Å². The molecule has 1 aromatic carbocycles. The summed E-state index contributed by atoms with van der Waals surface area (Å²) in [5, 5.41) is 0.389. The van der Waals surface area contributed by atoms with Crippen molar-refractivity contribution in [2.75, 3.05) is 6.26 Å². The highest BCUT2D eigenvalue weighted by Crippen LogP contribution is 2.32. The molecule has 0 unspecified atom stereocenters. The minimum absolute atomic E-state index is 0.0820. The van der Waals surface area contributed by atoms with Crippen molar-refractivity contribution in [3.05, 3.63) is 42.2 Å². The van der Waals surface area contributed by atoms with Gasteiger partial charge < -0.3 is 9.57 Å². The number of esters is 1. The highest BCUT2D eigenvalue weighted by atomic mass is 32.2. The second kappa shape index (κ2) is 7.82. The smallest absolute Gasteiger partial charge is 0.342 e. The van der Waals surface area contributed by atoms with E-state index in [4.69, 9.17) is 9.57 Å². The third-order valence-corrected chi connectivity index (χ3v) is 4.78. The lowest BCUT2D eigenvalue weighted by Crippen LogP contribution is -2.18. The number of rotatable bonds is 6. The number of nitrogens with zero attached hydrogens (tertiary/aromatic N) is 3. The average Bonchev–Trinajstić information content (AvgIpc) is 2.98. The van der Waals surface area contributed by atoms with Crippen LogP contribution in [0, 0.1) is 0 Å². The highest BCUT2D eigenvalue weighted by Gasteiger charge is 2.24. The van der Waals surface area contributed by atoms with Gasteiger partial charge in [-0.05, 0) is 33.8 Å². The molecule has 8 nitrogen and oxygen atoms in total. The van der Waals surface area contributed by atoms with Gasteiger partial charge in [0.1, 0.15) is 11.7 Å². The van der Waals surface area contributed by atoms with Crippen molar-refractivity contribution < 1.29 is 22.8 Å². The zero-order valence-corrected chi connectivity index (χ0v) is 17.7. The van der Waals surface area contributed by atoms with Gasteiger partial charge in [-0.1, -0.05) is 18.2 Å². The summed E-state index contributed by atoms with van der Waals surface area (Å²) in [7, 11) is -3.68. The first-order valence-corrected chi connectivity index (χ1v) is 11.0. The van der Waals surface area contributed by atoms with E-state index in [0.29, 0.717) is 5.56 Å². The Morgan fingerprint density at radius 2 is 1.79 bits per heavy atom. The zero-order chi connectivity index (χ0) is 21.3. The fraction of sp³-hybridized carbons (Fsp3) is 0.350. The number of hydrogen-bond donors (Lipinski definition) is 0. The van der Waals surface area contributed by atoms with E-state index < -0.39 is 15.8 Å². The summed E-state index contributed by atoms with van der Waals surface area (Å²) in [6, 6.07) is 7.43. The molecule has 0 saturated carbocycles. The van der Waals surface area contributed by atoms with Crippen LogP contribution in [0.4, 0.5) is 0 Å². The summed E-state index contributed by atoms with van der Waals surface area (Å²) in [5.74, 6) is -0.628. The molecule has 29 heavy (non-hydrogen) atoms. The molecule has 0 N–H and O–H groups in total. The lowest BCUT2D eigenvalue weighted by atomic mass is 10.1. The molecule has 154 valence electrons. The van der Waals surface area contributed by atoms with Crippen LogP contribution in [0.25, 0.3) is 22.2 Å². The molecule has 0 bridgehead atoms. The number of hydrogen-bond acceptors (Lipinski definition) is 7. The normalized spacial score (nSPS) is 12.0. The third-order valence-electron chi connectivity index (χ3n) is 3.92. The van der Waals surface area contributed by atoms with Crippen molar-refractivity contribution in [1.29, 1.82) is 0 Å². The summed E-state index contributed by atoms with van der Waals surface area (Å²) in [6.07, 6.45) is 3.45. The first kappa shape index (κ1) is 20.8. The third kappa shape index (κ3) is 4.40. The van der Waals surface area contributed by atoms with Gasteiger partial charge in [0.05, 0.1) is 23.5 Å². The Balaban J connectivity index is 2.29. The molecule has 0 radical (unpaired) electrons. The number of benzene rings is 1. The minimum Gasteiger partial charge on any atom is -0.459 e. The van der Waals surface area contributed by atoms with Gasteiger partial charge in [0.25, 0.3) is 0 Å². The lowest BCUT2D eigenvalue weighted by molar-refractivity contribution is 0.0377. The molecule has 9 heteroatoms. The molecule has 0 atom stereocenters. The Bertz CT molecular complexity index is 1170. The maximum Gasteiger partial charge on any atom is 0.342 e. The SMILES string of the molecule is CC(C)OC(=O)c1cnc(S(C)(=O)=O)nc1-c1cn(OC(C)C)c2ccccc12. The molecule has 0 fully saturated rings. The Hall–Kier alpha value is -2.94. The number of carbonyl (C=O) groups is 1. The fourth-order valence-corrected chi connectivity index (χ4v) is 3.33. The summed E-state index contributed by atoms with van der Waals surface area (Å²) in [6.45, 7) is 7.25. The number of para-hydroxylation sites is 1. The van der Waals surface area contributed by atoms with Gasteiger partial charge in [-0.15, -0.1) is 0 Å². The van der Waals surface area contributed by atoms with Crippen LogP contribution < -0.4 is 4.84 Å². The van der Waals surface area contributed by atoms with E-state index in [1.165, 1.54) is 6.20 Å². The van der Waals surface area contributed by atoms with Gasteiger partial charge >= 0.3 is 5.97 Å². The average molecular weight is 417 g/mol. The monoisotopic (exact) mass is 417 g/mol. The molecule has 3 aromatic rings. The standard InChI is InChI=1S/C20H23N3O5S/c1-12(2)27-19(24)15-10-21-20(29(5,25)26)22-18(15)16-11-23(28-13(3)4)17-9-7-6-8-14(16)17/h6-13H,1-5H3. The Kier molecular flexibility index (Phi) is 5.61. The van der Waals surface area contributed by atoms with Crippen molar-refractivity contribution in [3.8, 4) is 11.3 Å². The van der Waals surface area contributed by atoms with E-state index in [-0.39, 0.29) is 28.6 Å². The molecule has 0 aliphatic rings. The van der Waals surface area contributed by atoms with Crippen molar-refractivity contribution in [2.45, 2.75) is 45.1 Å². The first-order chi connectivity index (χ1) is 13.6. The number of carbonyl (C=O) groups excluding carboxylic acids is 1. The van der Waals surface area contributed by atoms with E-state index in [1.807, 2.05) is 38.1 Å². The molecule has 3 rings (SSSR count). The Morgan fingerprint density at radius 1 is 1.10 bits per heavy atom. The molecule has 0 amide bonds. The van der Waals surface area contributed by atoms with Crippen LogP contribution in [0.1, 0.15) is 38.1 Å². The molecule has 0 aliphatic heterocycles. The molecular formula is C20H23N3O5S. The minimum atomic E-state index is -3.68. The van der Waals surface area contributed by atoms with E-state index in [1.54, 1.807) is 24.8 Å². The number of fused-ring (bicyclic) bond motifs is 1. The van der Waals surface area contributed by atoms with Crippen LogP contribution in [0.15, 0.2) is 41.8 Å². The van der Waals surface area contributed by atoms with Crippen LogP contribution in [-0.2, 0) is 14.6 Å². The van der Waals surface area contributed by atoms with Crippen molar-refractivity contribution in [3.63, 3.8) is 0 Å². The summed E-state index contributed by atoms with van der Waals surface area (Å²) in [4.78, 5) is 26.6. The van der Waals surface area contributed by atoms with Crippen LogP contribution in [0.5, 0.6) is 0 Å². The van der Waals surface area contributed by atoms with Gasteiger partial charge in [0, 0.05) is 23.4 Å². The Labute approximate surface area is 169 Å². The van der Waals surface area contributed by atoms with Crippen molar-refractivity contribution in [1.82, 2.24) is 14.7 Å². The highest BCUT2D eigenvalue weighted by molar-refractivity contribution is 7.90. The Morgan fingerprint density at radius 3 is 2.41 bits per heavy atom.